The molecule has 0 fully saturated rings. The van der Waals surface area contributed by atoms with E-state index in [2.05, 4.69) is 10.4 Å². The molecule has 1 heterocycles. The van der Waals surface area contributed by atoms with E-state index in [4.69, 9.17) is 16.3 Å². The summed E-state index contributed by atoms with van der Waals surface area (Å²) in [5, 5.41) is 7.23. The summed E-state index contributed by atoms with van der Waals surface area (Å²) >= 11 is 6.40. The van der Waals surface area contributed by atoms with Crippen LogP contribution in [0.1, 0.15) is 21.6 Å². The number of rotatable bonds is 8. The summed E-state index contributed by atoms with van der Waals surface area (Å²) in [5.41, 5.74) is 1.93. The first-order valence-electron chi connectivity index (χ1n) is 9.31. The normalized spacial score (nSPS) is 11.4. The second kappa shape index (κ2) is 9.49. The number of nitrogens with one attached hydrogen (secondary N) is 1. The van der Waals surface area contributed by atoms with Gasteiger partial charge < -0.3 is 10.1 Å². The molecule has 0 atom stereocenters. The summed E-state index contributed by atoms with van der Waals surface area (Å²) in [7, 11) is -3.13. The first-order chi connectivity index (χ1) is 14.6. The van der Waals surface area contributed by atoms with Crippen molar-refractivity contribution in [2.24, 2.45) is 0 Å². The molecule has 3 aromatic rings. The van der Waals surface area contributed by atoms with Crippen molar-refractivity contribution < 1.29 is 22.3 Å². The molecule has 10 heteroatoms. The lowest BCUT2D eigenvalue weighted by Gasteiger charge is -2.09. The number of sulfone groups is 1. The molecular formula is C21H21ClFN3O4S. The Bertz CT molecular complexity index is 1190. The molecule has 7 nitrogen and oxygen atoms in total. The van der Waals surface area contributed by atoms with Gasteiger partial charge in [-0.05, 0) is 36.8 Å². The number of carbonyl (C=O) groups is 1. The van der Waals surface area contributed by atoms with Gasteiger partial charge >= 0.3 is 0 Å². The van der Waals surface area contributed by atoms with E-state index in [9.17, 15) is 17.6 Å². The molecular weight excluding hydrogens is 445 g/mol. The highest BCUT2D eigenvalue weighted by atomic mass is 35.5. The topological polar surface area (TPSA) is 90.3 Å². The van der Waals surface area contributed by atoms with Crippen molar-refractivity contribution in [2.45, 2.75) is 13.5 Å². The van der Waals surface area contributed by atoms with Gasteiger partial charge in [0.25, 0.3) is 5.91 Å². The first kappa shape index (κ1) is 22.8. The summed E-state index contributed by atoms with van der Waals surface area (Å²) in [6, 6.07) is 12.5. The molecule has 1 N–H and O–H groups in total. The van der Waals surface area contributed by atoms with Gasteiger partial charge in [-0.25, -0.2) is 17.5 Å². The Morgan fingerprint density at radius 2 is 1.94 bits per heavy atom. The molecule has 0 radical (unpaired) electrons. The molecule has 0 bridgehead atoms. The van der Waals surface area contributed by atoms with Crippen molar-refractivity contribution in [1.82, 2.24) is 9.78 Å². The van der Waals surface area contributed by atoms with Crippen molar-refractivity contribution in [1.29, 1.82) is 0 Å². The van der Waals surface area contributed by atoms with E-state index in [0.717, 1.165) is 11.8 Å². The lowest BCUT2D eigenvalue weighted by Crippen LogP contribution is -2.14. The Morgan fingerprint density at radius 3 is 2.61 bits per heavy atom. The van der Waals surface area contributed by atoms with Crippen LogP contribution >= 0.6 is 11.6 Å². The molecule has 0 aliphatic rings. The maximum absolute atomic E-state index is 13.1. The van der Waals surface area contributed by atoms with Crippen molar-refractivity contribution in [3.05, 3.63) is 76.3 Å². The summed E-state index contributed by atoms with van der Waals surface area (Å²) < 4.78 is 42.4. The highest BCUT2D eigenvalue weighted by Crippen LogP contribution is 2.24. The van der Waals surface area contributed by atoms with Crippen LogP contribution in [0.3, 0.4) is 0 Å². The molecule has 0 saturated carbocycles. The highest BCUT2D eigenvalue weighted by molar-refractivity contribution is 7.90. The van der Waals surface area contributed by atoms with Gasteiger partial charge in [0.05, 0.1) is 23.6 Å². The van der Waals surface area contributed by atoms with E-state index in [0.29, 0.717) is 17.1 Å². The van der Waals surface area contributed by atoms with Crippen LogP contribution in [0.15, 0.2) is 48.5 Å². The number of hydrogen-bond acceptors (Lipinski definition) is 5. The quantitative estimate of drug-likeness (QED) is 0.547. The fourth-order valence-corrected chi connectivity index (χ4v) is 3.55. The predicted molar refractivity (Wildman–Crippen MR) is 117 cm³/mol. The molecule has 0 aliphatic heterocycles. The second-order valence-corrected chi connectivity index (χ2v) is 9.61. The number of benzene rings is 2. The molecule has 0 aliphatic carbocycles. The van der Waals surface area contributed by atoms with Crippen LogP contribution in [0.25, 0.3) is 0 Å². The first-order valence-corrected chi connectivity index (χ1v) is 11.8. The van der Waals surface area contributed by atoms with E-state index in [-0.39, 0.29) is 35.4 Å². The number of hydrogen-bond donors (Lipinski definition) is 1. The standard InChI is InChI=1S/C21H21ClFN3O4S/c1-14-19(20(22)26(25-14)13-15-6-8-16(23)9-7-15)21(27)24-17-4-3-5-18(12-17)30-10-11-31(2,28)29/h3-9,12H,10-11,13H2,1-2H3,(H,24,27). The van der Waals surface area contributed by atoms with Crippen LogP contribution in [0.5, 0.6) is 5.75 Å². The van der Waals surface area contributed by atoms with Gasteiger partial charge in [0, 0.05) is 18.0 Å². The maximum atomic E-state index is 13.1. The number of anilines is 1. The predicted octanol–water partition coefficient (Wildman–Crippen LogP) is 3.71. The van der Waals surface area contributed by atoms with Crippen LogP contribution in [0.2, 0.25) is 5.15 Å². The third kappa shape index (κ3) is 6.28. The minimum Gasteiger partial charge on any atom is -0.492 e. The molecule has 3 rings (SSSR count). The minimum absolute atomic E-state index is 0.0112. The summed E-state index contributed by atoms with van der Waals surface area (Å²) in [6.45, 7) is 1.97. The Labute approximate surface area is 184 Å². The highest BCUT2D eigenvalue weighted by Gasteiger charge is 2.21. The maximum Gasteiger partial charge on any atom is 0.260 e. The average Bonchev–Trinajstić information content (AvgIpc) is 2.96. The van der Waals surface area contributed by atoms with Crippen molar-refractivity contribution >= 4 is 33.0 Å². The number of aryl methyl sites for hydroxylation is 1. The number of amides is 1. The molecule has 1 amide bonds. The second-order valence-electron chi connectivity index (χ2n) is 7.00. The number of nitrogens with zero attached hydrogens (tertiary/aromatic N) is 2. The third-order valence-corrected chi connectivity index (χ3v) is 5.65. The number of ether oxygens (including phenoxy) is 1. The van der Waals surface area contributed by atoms with Crippen molar-refractivity contribution in [3.8, 4) is 5.75 Å². The molecule has 1 aromatic heterocycles. The molecule has 164 valence electrons. The third-order valence-electron chi connectivity index (χ3n) is 4.35. The fraction of sp³-hybridized carbons (Fsp3) is 0.238. The summed E-state index contributed by atoms with van der Waals surface area (Å²) in [5.74, 6) is -0.461. The lowest BCUT2D eigenvalue weighted by atomic mass is 10.2. The number of carbonyl (C=O) groups excluding carboxylic acids is 1. The van der Waals surface area contributed by atoms with Gasteiger partial charge in [-0.15, -0.1) is 0 Å². The summed E-state index contributed by atoms with van der Waals surface area (Å²) in [6.07, 6.45) is 1.13. The van der Waals surface area contributed by atoms with Crippen LogP contribution < -0.4 is 10.1 Å². The van der Waals surface area contributed by atoms with Crippen molar-refractivity contribution in [2.75, 3.05) is 23.9 Å². The van der Waals surface area contributed by atoms with Crippen LogP contribution in [0, 0.1) is 12.7 Å². The molecule has 31 heavy (non-hydrogen) atoms. The Morgan fingerprint density at radius 1 is 1.23 bits per heavy atom. The minimum atomic E-state index is -3.13. The van der Waals surface area contributed by atoms with E-state index < -0.39 is 15.7 Å². The van der Waals surface area contributed by atoms with Gasteiger partial charge in [-0.1, -0.05) is 29.8 Å². The van der Waals surface area contributed by atoms with Gasteiger partial charge in [-0.3, -0.25) is 4.79 Å². The van der Waals surface area contributed by atoms with E-state index in [1.807, 2.05) is 0 Å². The van der Waals surface area contributed by atoms with Crippen molar-refractivity contribution in [3.63, 3.8) is 0 Å². The Balaban J connectivity index is 1.71. The van der Waals surface area contributed by atoms with E-state index in [1.165, 1.54) is 16.8 Å². The zero-order chi connectivity index (χ0) is 22.6. The molecule has 0 spiro atoms. The smallest absolute Gasteiger partial charge is 0.260 e. The van der Waals surface area contributed by atoms with E-state index in [1.54, 1.807) is 43.3 Å². The Kier molecular flexibility index (Phi) is 6.97. The lowest BCUT2D eigenvalue weighted by molar-refractivity contribution is 0.102. The van der Waals surface area contributed by atoms with Gasteiger partial charge in [0.15, 0.2) is 9.84 Å². The largest absolute Gasteiger partial charge is 0.492 e. The monoisotopic (exact) mass is 465 g/mol. The zero-order valence-corrected chi connectivity index (χ0v) is 18.5. The molecule has 0 unspecified atom stereocenters. The zero-order valence-electron chi connectivity index (χ0n) is 16.9. The van der Waals surface area contributed by atoms with E-state index >= 15 is 0 Å². The molecule has 2 aromatic carbocycles. The van der Waals surface area contributed by atoms with Gasteiger partial charge in [-0.2, -0.15) is 5.10 Å². The molecule has 0 saturated heterocycles. The van der Waals surface area contributed by atoms with Gasteiger partial charge in [0.1, 0.15) is 23.3 Å². The SMILES string of the molecule is Cc1nn(Cc2ccc(F)cc2)c(Cl)c1C(=O)Nc1cccc(OCCS(C)(=O)=O)c1. The Hall–Kier alpha value is -2.91. The van der Waals surface area contributed by atoms with Crippen LogP contribution in [-0.2, 0) is 16.4 Å². The van der Waals surface area contributed by atoms with Gasteiger partial charge in [0.2, 0.25) is 0 Å². The van der Waals surface area contributed by atoms with Crippen LogP contribution in [-0.4, -0.2) is 42.7 Å². The number of aromatic nitrogens is 2. The van der Waals surface area contributed by atoms with Crippen LogP contribution in [0.4, 0.5) is 10.1 Å². The average molecular weight is 466 g/mol. The summed E-state index contributed by atoms with van der Waals surface area (Å²) in [4.78, 5) is 12.8. The fourth-order valence-electron chi connectivity index (χ4n) is 2.85. The number of halogens is 2.